The first-order chi connectivity index (χ1) is 8.47. The summed E-state index contributed by atoms with van der Waals surface area (Å²) in [6, 6.07) is 0. The summed E-state index contributed by atoms with van der Waals surface area (Å²) in [5.41, 5.74) is 0. The van der Waals surface area contributed by atoms with Gasteiger partial charge in [-0.05, 0) is 34.3 Å². The highest BCUT2D eigenvalue weighted by Gasteiger charge is 2.13. The highest BCUT2D eigenvalue weighted by Crippen LogP contribution is 2.03. The standard InChI is InChI=1S/C13H24O5/c1-6-15-7-8-16-11(4)9-17-12(5)13(14)18-10(2)3/h10-11H,5-9H2,1-4H3. The Balaban J connectivity index is 3.67. The fourth-order valence-corrected chi connectivity index (χ4v) is 1.06. The average molecular weight is 260 g/mol. The van der Waals surface area contributed by atoms with Crippen LogP contribution in [-0.2, 0) is 23.7 Å². The van der Waals surface area contributed by atoms with Gasteiger partial charge in [0.05, 0.1) is 25.4 Å². The normalized spacial score (nSPS) is 12.3. The average Bonchev–Trinajstić information content (AvgIpc) is 2.30. The summed E-state index contributed by atoms with van der Waals surface area (Å²) in [5, 5.41) is 0. The fraction of sp³-hybridized carbons (Fsp3) is 0.769. The van der Waals surface area contributed by atoms with Gasteiger partial charge in [0.1, 0.15) is 6.61 Å². The minimum Gasteiger partial charge on any atom is -0.484 e. The lowest BCUT2D eigenvalue weighted by Gasteiger charge is -2.15. The molecule has 0 radical (unpaired) electrons. The molecule has 0 amide bonds. The first-order valence-electron chi connectivity index (χ1n) is 6.19. The molecule has 0 rings (SSSR count). The summed E-state index contributed by atoms with van der Waals surface area (Å²) < 4.78 is 20.7. The van der Waals surface area contributed by atoms with Crippen LogP contribution in [0, 0.1) is 0 Å². The molecule has 1 atom stereocenters. The van der Waals surface area contributed by atoms with Crippen molar-refractivity contribution in [2.45, 2.75) is 39.9 Å². The second-order valence-corrected chi connectivity index (χ2v) is 4.07. The van der Waals surface area contributed by atoms with E-state index in [0.29, 0.717) is 19.8 Å². The number of hydrogen-bond donors (Lipinski definition) is 0. The number of carbonyl (C=O) groups excluding carboxylic acids is 1. The van der Waals surface area contributed by atoms with Gasteiger partial charge in [0.15, 0.2) is 5.76 Å². The van der Waals surface area contributed by atoms with Crippen LogP contribution in [-0.4, -0.2) is 44.6 Å². The van der Waals surface area contributed by atoms with E-state index in [4.69, 9.17) is 18.9 Å². The zero-order chi connectivity index (χ0) is 14.0. The van der Waals surface area contributed by atoms with Crippen LogP contribution in [0.25, 0.3) is 0 Å². The summed E-state index contributed by atoms with van der Waals surface area (Å²) in [7, 11) is 0. The van der Waals surface area contributed by atoms with Crippen LogP contribution in [0.2, 0.25) is 0 Å². The molecular weight excluding hydrogens is 236 g/mol. The topological polar surface area (TPSA) is 54.0 Å². The lowest BCUT2D eigenvalue weighted by Crippen LogP contribution is -2.21. The molecular formula is C13H24O5. The van der Waals surface area contributed by atoms with E-state index in [0.717, 1.165) is 0 Å². The number of ether oxygens (including phenoxy) is 4. The Morgan fingerprint density at radius 1 is 1.22 bits per heavy atom. The molecule has 5 heteroatoms. The van der Waals surface area contributed by atoms with E-state index in [1.54, 1.807) is 13.8 Å². The maximum atomic E-state index is 11.4. The van der Waals surface area contributed by atoms with Gasteiger partial charge >= 0.3 is 5.97 Å². The lowest BCUT2D eigenvalue weighted by atomic mass is 10.4. The van der Waals surface area contributed by atoms with Crippen LogP contribution in [0.15, 0.2) is 12.3 Å². The second kappa shape index (κ2) is 9.91. The summed E-state index contributed by atoms with van der Waals surface area (Å²) in [5.74, 6) is -0.532. The van der Waals surface area contributed by atoms with Crippen molar-refractivity contribution >= 4 is 5.97 Å². The van der Waals surface area contributed by atoms with Crippen LogP contribution in [0.1, 0.15) is 27.7 Å². The van der Waals surface area contributed by atoms with Gasteiger partial charge in [-0.2, -0.15) is 0 Å². The van der Waals surface area contributed by atoms with Crippen molar-refractivity contribution in [2.24, 2.45) is 0 Å². The zero-order valence-corrected chi connectivity index (χ0v) is 11.7. The molecule has 0 aromatic carbocycles. The third-order valence-electron chi connectivity index (χ3n) is 1.90. The molecule has 0 N–H and O–H groups in total. The van der Waals surface area contributed by atoms with Gasteiger partial charge in [-0.25, -0.2) is 4.79 Å². The van der Waals surface area contributed by atoms with Crippen molar-refractivity contribution in [1.29, 1.82) is 0 Å². The minimum absolute atomic E-state index is 0.00366. The minimum atomic E-state index is -0.536. The van der Waals surface area contributed by atoms with Crippen LogP contribution >= 0.6 is 0 Å². The van der Waals surface area contributed by atoms with Crippen molar-refractivity contribution in [3.05, 3.63) is 12.3 Å². The molecule has 0 saturated heterocycles. The Morgan fingerprint density at radius 2 is 1.89 bits per heavy atom. The largest absolute Gasteiger partial charge is 0.484 e. The maximum absolute atomic E-state index is 11.4. The van der Waals surface area contributed by atoms with Crippen molar-refractivity contribution in [3.63, 3.8) is 0 Å². The number of carbonyl (C=O) groups is 1. The third-order valence-corrected chi connectivity index (χ3v) is 1.90. The molecule has 18 heavy (non-hydrogen) atoms. The van der Waals surface area contributed by atoms with Crippen molar-refractivity contribution in [2.75, 3.05) is 26.4 Å². The van der Waals surface area contributed by atoms with Crippen molar-refractivity contribution in [3.8, 4) is 0 Å². The summed E-state index contributed by atoms with van der Waals surface area (Å²) in [6.45, 7) is 12.8. The summed E-state index contributed by atoms with van der Waals surface area (Å²) in [4.78, 5) is 11.4. The van der Waals surface area contributed by atoms with E-state index in [1.807, 2.05) is 13.8 Å². The van der Waals surface area contributed by atoms with E-state index in [1.165, 1.54) is 0 Å². The predicted octanol–water partition coefficient (Wildman–Crippen LogP) is 1.91. The van der Waals surface area contributed by atoms with Crippen LogP contribution in [0.4, 0.5) is 0 Å². The van der Waals surface area contributed by atoms with E-state index in [2.05, 4.69) is 6.58 Å². The van der Waals surface area contributed by atoms with Crippen LogP contribution in [0.5, 0.6) is 0 Å². The predicted molar refractivity (Wildman–Crippen MR) is 68.2 cm³/mol. The van der Waals surface area contributed by atoms with E-state index in [9.17, 15) is 4.79 Å². The molecule has 0 saturated carbocycles. The third kappa shape index (κ3) is 9.01. The number of hydrogen-bond acceptors (Lipinski definition) is 5. The van der Waals surface area contributed by atoms with Gasteiger partial charge in [-0.3, -0.25) is 0 Å². The first kappa shape index (κ1) is 16.9. The van der Waals surface area contributed by atoms with Gasteiger partial charge in [-0.15, -0.1) is 0 Å². The summed E-state index contributed by atoms with van der Waals surface area (Å²) >= 11 is 0. The van der Waals surface area contributed by atoms with Crippen molar-refractivity contribution in [1.82, 2.24) is 0 Å². The summed E-state index contributed by atoms with van der Waals surface area (Å²) in [6.07, 6.45) is -0.313. The molecule has 0 heterocycles. The molecule has 0 fully saturated rings. The van der Waals surface area contributed by atoms with Gasteiger partial charge in [0.25, 0.3) is 0 Å². The van der Waals surface area contributed by atoms with Crippen LogP contribution < -0.4 is 0 Å². The Morgan fingerprint density at radius 3 is 2.44 bits per heavy atom. The molecule has 5 nitrogen and oxygen atoms in total. The number of rotatable bonds is 10. The number of esters is 1. The van der Waals surface area contributed by atoms with Gasteiger partial charge in [0, 0.05) is 6.61 Å². The molecule has 106 valence electrons. The molecule has 1 unspecified atom stereocenters. The van der Waals surface area contributed by atoms with E-state index < -0.39 is 5.97 Å². The second-order valence-electron chi connectivity index (χ2n) is 4.07. The van der Waals surface area contributed by atoms with Gasteiger partial charge < -0.3 is 18.9 Å². The molecule has 0 aromatic heterocycles. The van der Waals surface area contributed by atoms with E-state index in [-0.39, 0.29) is 24.6 Å². The molecule has 0 bridgehead atoms. The van der Waals surface area contributed by atoms with Crippen LogP contribution in [0.3, 0.4) is 0 Å². The molecule has 0 aliphatic carbocycles. The van der Waals surface area contributed by atoms with Crippen molar-refractivity contribution < 1.29 is 23.7 Å². The molecule has 0 aliphatic heterocycles. The smallest absolute Gasteiger partial charge is 0.373 e. The lowest BCUT2D eigenvalue weighted by molar-refractivity contribution is -0.147. The Hall–Kier alpha value is -1.07. The SMILES string of the molecule is C=C(OCC(C)OCCOCC)C(=O)OC(C)C. The Labute approximate surface area is 109 Å². The first-order valence-corrected chi connectivity index (χ1v) is 6.19. The Bertz CT molecular complexity index is 250. The Kier molecular flexibility index (Phi) is 9.32. The molecule has 0 aliphatic rings. The van der Waals surface area contributed by atoms with E-state index >= 15 is 0 Å². The fourth-order valence-electron chi connectivity index (χ4n) is 1.06. The van der Waals surface area contributed by atoms with Gasteiger partial charge in [-0.1, -0.05) is 0 Å². The van der Waals surface area contributed by atoms with Gasteiger partial charge in [0.2, 0.25) is 0 Å². The zero-order valence-electron chi connectivity index (χ0n) is 11.7. The molecule has 0 aromatic rings. The monoisotopic (exact) mass is 260 g/mol. The molecule has 0 spiro atoms. The quantitative estimate of drug-likeness (QED) is 0.260. The maximum Gasteiger partial charge on any atom is 0.373 e. The highest BCUT2D eigenvalue weighted by molar-refractivity contribution is 5.85. The highest BCUT2D eigenvalue weighted by atomic mass is 16.6.